The molecule has 0 atom stereocenters. The summed E-state index contributed by atoms with van der Waals surface area (Å²) in [7, 11) is -3.83. The van der Waals surface area contributed by atoms with Crippen LogP contribution >= 0.6 is 31.9 Å². The fraction of sp³-hybridized carbons (Fsp3) is 0.222. The lowest BCUT2D eigenvalue weighted by molar-refractivity contribution is 0.580. The third-order valence-electron chi connectivity index (χ3n) is 8.34. The standard InChI is InChI=1S/C36H30Br2F2O2S/c37-29-7-1-5-23(17-29)31-9-3-11-33(31)25-13-15-27(35(39)19-25)21-43(41,42)22-28-16-14-26(20-36(28)40)34-12-4-10-32(34)24-6-2-8-30(38)18-24/h1-2,5-8,13-20H,3-4,9-12,21-22H2. The van der Waals surface area contributed by atoms with Crippen LogP contribution in [0.4, 0.5) is 8.78 Å². The molecule has 4 aromatic carbocycles. The average molecular weight is 725 g/mol. The molecule has 0 unspecified atom stereocenters. The van der Waals surface area contributed by atoms with Crippen LogP contribution in [-0.2, 0) is 21.3 Å². The molecule has 0 heterocycles. The monoisotopic (exact) mass is 722 g/mol. The Kier molecular flexibility index (Phi) is 8.86. The molecule has 2 aliphatic rings. The summed E-state index contributed by atoms with van der Waals surface area (Å²) in [5, 5.41) is 0. The molecule has 0 spiro atoms. The third-order valence-corrected chi connectivity index (χ3v) is 10.8. The van der Waals surface area contributed by atoms with Crippen LogP contribution in [0.15, 0.2) is 93.9 Å². The summed E-state index contributed by atoms with van der Waals surface area (Å²) in [6.07, 6.45) is 5.49. The third kappa shape index (κ3) is 6.79. The maximum absolute atomic E-state index is 15.3. The molecule has 7 heteroatoms. The first kappa shape index (κ1) is 30.2. The molecule has 6 rings (SSSR count). The van der Waals surface area contributed by atoms with Crippen molar-refractivity contribution in [1.82, 2.24) is 0 Å². The fourth-order valence-corrected chi connectivity index (χ4v) is 8.66. The largest absolute Gasteiger partial charge is 0.228 e. The summed E-state index contributed by atoms with van der Waals surface area (Å²) in [4.78, 5) is 0. The Bertz CT molecular complexity index is 1760. The van der Waals surface area contributed by atoms with Crippen LogP contribution in [0.5, 0.6) is 0 Å². The van der Waals surface area contributed by atoms with Crippen molar-refractivity contribution >= 4 is 64.0 Å². The summed E-state index contributed by atoms with van der Waals surface area (Å²) >= 11 is 7.06. The van der Waals surface area contributed by atoms with Crippen molar-refractivity contribution in [3.63, 3.8) is 0 Å². The van der Waals surface area contributed by atoms with Gasteiger partial charge in [-0.05, 0) is 119 Å². The van der Waals surface area contributed by atoms with Crippen molar-refractivity contribution in [2.24, 2.45) is 0 Å². The van der Waals surface area contributed by atoms with E-state index in [2.05, 4.69) is 56.1 Å². The molecule has 43 heavy (non-hydrogen) atoms. The highest BCUT2D eigenvalue weighted by atomic mass is 79.9. The zero-order chi connectivity index (χ0) is 30.1. The Morgan fingerprint density at radius 2 is 0.907 bits per heavy atom. The smallest absolute Gasteiger partial charge is 0.158 e. The molecule has 0 aliphatic heterocycles. The molecule has 0 fully saturated rings. The number of allylic oxidation sites excluding steroid dienone is 4. The zero-order valence-electron chi connectivity index (χ0n) is 23.5. The molecule has 4 aromatic rings. The molecule has 0 bridgehead atoms. The van der Waals surface area contributed by atoms with Crippen molar-refractivity contribution < 1.29 is 17.2 Å². The lowest BCUT2D eigenvalue weighted by Gasteiger charge is -2.13. The number of benzene rings is 4. The number of halogens is 4. The molecule has 2 aliphatic carbocycles. The highest BCUT2D eigenvalue weighted by Gasteiger charge is 2.23. The van der Waals surface area contributed by atoms with Crippen molar-refractivity contribution in [2.75, 3.05) is 0 Å². The Labute approximate surface area is 268 Å². The van der Waals surface area contributed by atoms with Gasteiger partial charge >= 0.3 is 0 Å². The number of sulfone groups is 1. The lowest BCUT2D eigenvalue weighted by Crippen LogP contribution is -2.10. The summed E-state index contributed by atoms with van der Waals surface area (Å²) in [5.41, 5.74) is 8.52. The first-order valence-corrected chi connectivity index (χ1v) is 17.8. The molecule has 2 nitrogen and oxygen atoms in total. The summed E-state index contributed by atoms with van der Waals surface area (Å²) in [5.74, 6) is -2.09. The molecule has 0 aromatic heterocycles. The van der Waals surface area contributed by atoms with Gasteiger partial charge in [-0.2, -0.15) is 0 Å². The maximum atomic E-state index is 15.3. The van der Waals surface area contributed by atoms with Gasteiger partial charge in [0.1, 0.15) is 11.6 Å². The Hall–Kier alpha value is -2.87. The maximum Gasteiger partial charge on any atom is 0.158 e. The predicted molar refractivity (Wildman–Crippen MR) is 179 cm³/mol. The highest BCUT2D eigenvalue weighted by Crippen LogP contribution is 2.42. The summed E-state index contributed by atoms with van der Waals surface area (Å²) in [6.45, 7) is 0. The topological polar surface area (TPSA) is 34.1 Å². The number of rotatable bonds is 8. The predicted octanol–water partition coefficient (Wildman–Crippen LogP) is 10.8. The van der Waals surface area contributed by atoms with E-state index in [4.69, 9.17) is 0 Å². The van der Waals surface area contributed by atoms with Crippen LogP contribution in [0, 0.1) is 11.6 Å². The molecule has 0 saturated heterocycles. The van der Waals surface area contributed by atoms with E-state index in [1.165, 1.54) is 23.3 Å². The van der Waals surface area contributed by atoms with Gasteiger partial charge in [0.25, 0.3) is 0 Å². The summed E-state index contributed by atoms with van der Waals surface area (Å²) in [6, 6.07) is 25.8. The van der Waals surface area contributed by atoms with E-state index in [1.54, 1.807) is 24.3 Å². The Morgan fingerprint density at radius 3 is 1.26 bits per heavy atom. The van der Waals surface area contributed by atoms with Crippen LogP contribution < -0.4 is 0 Å². The van der Waals surface area contributed by atoms with Gasteiger partial charge in [0, 0.05) is 20.1 Å². The number of hydrogen-bond donors (Lipinski definition) is 0. The Balaban J connectivity index is 1.20. The molecular weight excluding hydrogens is 694 g/mol. The van der Waals surface area contributed by atoms with Crippen LogP contribution in [0.1, 0.15) is 71.9 Å². The first-order valence-electron chi connectivity index (χ1n) is 14.4. The normalized spacial score (nSPS) is 15.5. The molecule has 220 valence electrons. The molecular formula is C36H30Br2F2O2S. The van der Waals surface area contributed by atoms with Gasteiger partial charge in [-0.1, -0.05) is 80.4 Å². The van der Waals surface area contributed by atoms with Gasteiger partial charge in [-0.25, -0.2) is 17.2 Å². The van der Waals surface area contributed by atoms with E-state index in [-0.39, 0.29) is 11.1 Å². The van der Waals surface area contributed by atoms with Gasteiger partial charge in [-0.15, -0.1) is 0 Å². The van der Waals surface area contributed by atoms with Crippen molar-refractivity contribution in [3.8, 4) is 0 Å². The van der Waals surface area contributed by atoms with Crippen LogP contribution in [-0.4, -0.2) is 8.42 Å². The minimum Gasteiger partial charge on any atom is -0.228 e. The first-order chi connectivity index (χ1) is 20.7. The molecule has 0 radical (unpaired) electrons. The minimum absolute atomic E-state index is 0.0955. The lowest BCUT2D eigenvalue weighted by atomic mass is 9.96. The van der Waals surface area contributed by atoms with E-state index in [0.717, 1.165) is 80.9 Å². The van der Waals surface area contributed by atoms with Crippen LogP contribution in [0.25, 0.3) is 22.3 Å². The second-order valence-corrected chi connectivity index (χ2v) is 15.2. The van der Waals surface area contributed by atoms with Crippen LogP contribution in [0.3, 0.4) is 0 Å². The van der Waals surface area contributed by atoms with E-state index in [9.17, 15) is 8.42 Å². The summed E-state index contributed by atoms with van der Waals surface area (Å²) < 4.78 is 58.8. The quantitative estimate of drug-likeness (QED) is 0.181. The van der Waals surface area contributed by atoms with E-state index in [1.807, 2.05) is 24.3 Å². The van der Waals surface area contributed by atoms with E-state index >= 15 is 8.78 Å². The number of hydrogen-bond acceptors (Lipinski definition) is 2. The zero-order valence-corrected chi connectivity index (χ0v) is 27.5. The fourth-order valence-electron chi connectivity index (χ4n) is 6.34. The molecule has 0 saturated carbocycles. The van der Waals surface area contributed by atoms with E-state index in [0.29, 0.717) is 0 Å². The van der Waals surface area contributed by atoms with Gasteiger partial charge in [0.2, 0.25) is 0 Å². The van der Waals surface area contributed by atoms with Gasteiger partial charge in [-0.3, -0.25) is 0 Å². The van der Waals surface area contributed by atoms with Crippen LogP contribution in [0.2, 0.25) is 0 Å². The van der Waals surface area contributed by atoms with Crippen molar-refractivity contribution in [1.29, 1.82) is 0 Å². The average Bonchev–Trinajstić information content (AvgIpc) is 3.66. The molecule has 0 amide bonds. The minimum atomic E-state index is -3.83. The second-order valence-electron chi connectivity index (χ2n) is 11.3. The van der Waals surface area contributed by atoms with Gasteiger partial charge in [0.15, 0.2) is 9.84 Å². The van der Waals surface area contributed by atoms with Crippen molar-refractivity contribution in [2.45, 2.75) is 50.0 Å². The Morgan fingerprint density at radius 1 is 0.535 bits per heavy atom. The van der Waals surface area contributed by atoms with Crippen molar-refractivity contribution in [3.05, 3.63) is 139 Å². The molecule has 0 N–H and O–H groups in total. The second kappa shape index (κ2) is 12.6. The van der Waals surface area contributed by atoms with E-state index < -0.39 is 33.0 Å². The van der Waals surface area contributed by atoms with Gasteiger partial charge < -0.3 is 0 Å². The SMILES string of the molecule is O=S(=O)(Cc1ccc(C2=C(c3cccc(Br)c3)CCC2)cc1F)Cc1ccc(C2=C(c3cccc(Br)c3)CCC2)cc1F. The highest BCUT2D eigenvalue weighted by molar-refractivity contribution is 9.10. The van der Waals surface area contributed by atoms with Gasteiger partial charge in [0.05, 0.1) is 11.5 Å².